The van der Waals surface area contributed by atoms with E-state index >= 15 is 0 Å². The second kappa shape index (κ2) is 4.05. The first-order valence-corrected chi connectivity index (χ1v) is 4.15. The molecule has 1 aromatic carbocycles. The molecule has 1 heterocycles. The third-order valence-electron chi connectivity index (χ3n) is 2.05. The van der Waals surface area contributed by atoms with Crippen LogP contribution in [-0.2, 0) is 0 Å². The minimum Gasteiger partial charge on any atom is -1.00 e. The van der Waals surface area contributed by atoms with Gasteiger partial charge >= 0.3 is 0 Å². The Kier molecular flexibility index (Phi) is 3.25. The third-order valence-corrected chi connectivity index (χ3v) is 2.05. The molecule has 0 fully saturated rings. The number of aryl methyl sites for hydroxylation is 2. The van der Waals surface area contributed by atoms with Gasteiger partial charge in [0, 0.05) is 24.4 Å². The first kappa shape index (κ1) is 10.4. The Morgan fingerprint density at radius 2 is 1.77 bits per heavy atom. The minimum absolute atomic E-state index is 0. The number of hydrogen-bond donors (Lipinski definition) is 0. The fourth-order valence-electron chi connectivity index (χ4n) is 1.40. The molecule has 0 amide bonds. The van der Waals surface area contributed by atoms with Crippen molar-refractivity contribution in [3.63, 3.8) is 0 Å². The van der Waals surface area contributed by atoms with Gasteiger partial charge in [0.2, 0.25) is 5.52 Å². The van der Waals surface area contributed by atoms with Crippen molar-refractivity contribution in [2.24, 2.45) is 0 Å². The standard InChI is InChI=1S/C11H11N.HI/c1-8-3-6-11-10(7-8)5-4-9(2)12-11;/h3-7H,1-2H3;1H. The van der Waals surface area contributed by atoms with Crippen LogP contribution in [0.2, 0.25) is 0 Å². The molecule has 0 unspecified atom stereocenters. The van der Waals surface area contributed by atoms with Gasteiger partial charge in [-0.25, -0.2) is 4.98 Å². The average molecular weight is 285 g/mol. The third kappa shape index (κ3) is 2.18. The summed E-state index contributed by atoms with van der Waals surface area (Å²) in [5.41, 5.74) is 3.71. The van der Waals surface area contributed by atoms with E-state index in [0.29, 0.717) is 0 Å². The highest BCUT2D eigenvalue weighted by Crippen LogP contribution is 2.10. The van der Waals surface area contributed by atoms with Crippen LogP contribution in [0.5, 0.6) is 0 Å². The molecule has 0 aliphatic carbocycles. The first-order valence-electron chi connectivity index (χ1n) is 4.15. The largest absolute Gasteiger partial charge is 1.00 e. The zero-order valence-electron chi connectivity index (χ0n) is 7.76. The van der Waals surface area contributed by atoms with E-state index in [4.69, 9.17) is 0 Å². The van der Waals surface area contributed by atoms with Crippen molar-refractivity contribution < 1.29 is 29.0 Å². The van der Waals surface area contributed by atoms with Crippen LogP contribution in [0, 0.1) is 13.8 Å². The highest BCUT2D eigenvalue weighted by molar-refractivity contribution is 5.76. The van der Waals surface area contributed by atoms with E-state index in [1.54, 1.807) is 0 Å². The molecule has 1 nitrogen and oxygen atoms in total. The lowest BCUT2D eigenvalue weighted by Gasteiger charge is -1.93. The smallest absolute Gasteiger partial charge is 0.211 e. The van der Waals surface area contributed by atoms with Crippen LogP contribution in [0.4, 0.5) is 0 Å². The van der Waals surface area contributed by atoms with Crippen molar-refractivity contribution in [2.45, 2.75) is 13.8 Å². The lowest BCUT2D eigenvalue weighted by atomic mass is 10.1. The molecule has 1 N–H and O–H groups in total. The lowest BCUT2D eigenvalue weighted by molar-refractivity contribution is -0.354. The Morgan fingerprint density at radius 3 is 2.54 bits per heavy atom. The van der Waals surface area contributed by atoms with Gasteiger partial charge in [-0.15, -0.1) is 0 Å². The summed E-state index contributed by atoms with van der Waals surface area (Å²) in [5.74, 6) is 0. The number of pyridine rings is 1. The molecule has 0 bridgehead atoms. The topological polar surface area (TPSA) is 14.1 Å². The number of rotatable bonds is 0. The molecule has 2 rings (SSSR count). The molecule has 0 saturated heterocycles. The number of benzene rings is 1. The highest BCUT2D eigenvalue weighted by atomic mass is 127. The Bertz CT molecular complexity index is 382. The van der Waals surface area contributed by atoms with Crippen molar-refractivity contribution in [1.82, 2.24) is 0 Å². The second-order valence-electron chi connectivity index (χ2n) is 3.23. The van der Waals surface area contributed by atoms with Crippen molar-refractivity contribution in [1.29, 1.82) is 0 Å². The number of hydrogen-bond acceptors (Lipinski definition) is 0. The Hall–Kier alpha value is -0.640. The number of fused-ring (bicyclic) bond motifs is 1. The Balaban J connectivity index is 0.000000845. The molecule has 0 aliphatic rings. The number of aromatic nitrogens is 1. The summed E-state index contributed by atoms with van der Waals surface area (Å²) in [6, 6.07) is 10.7. The maximum atomic E-state index is 3.32. The maximum Gasteiger partial charge on any atom is 0.211 e. The number of nitrogens with one attached hydrogen (secondary N) is 1. The van der Waals surface area contributed by atoms with Gasteiger partial charge in [-0.05, 0) is 19.1 Å². The van der Waals surface area contributed by atoms with Gasteiger partial charge in [0.1, 0.15) is 0 Å². The van der Waals surface area contributed by atoms with Crippen LogP contribution < -0.4 is 29.0 Å². The van der Waals surface area contributed by atoms with Gasteiger partial charge < -0.3 is 24.0 Å². The molecule has 2 aromatic rings. The molecule has 0 spiro atoms. The predicted octanol–water partition coefficient (Wildman–Crippen LogP) is -0.725. The molecule has 1 aromatic heterocycles. The van der Waals surface area contributed by atoms with E-state index in [-0.39, 0.29) is 24.0 Å². The van der Waals surface area contributed by atoms with Crippen LogP contribution in [0.1, 0.15) is 11.3 Å². The monoisotopic (exact) mass is 285 g/mol. The summed E-state index contributed by atoms with van der Waals surface area (Å²) < 4.78 is 0. The van der Waals surface area contributed by atoms with Gasteiger partial charge in [-0.3, -0.25) is 0 Å². The van der Waals surface area contributed by atoms with E-state index in [1.165, 1.54) is 22.2 Å². The lowest BCUT2D eigenvalue weighted by Crippen LogP contribution is -3.00. The van der Waals surface area contributed by atoms with Crippen molar-refractivity contribution in [3.05, 3.63) is 41.6 Å². The molecule has 13 heavy (non-hydrogen) atoms. The molecule has 2 heteroatoms. The van der Waals surface area contributed by atoms with Crippen LogP contribution in [0.15, 0.2) is 30.3 Å². The SMILES string of the molecule is Cc1ccc2[nH+]c(C)ccc2c1.[I-]. The van der Waals surface area contributed by atoms with E-state index in [1.807, 2.05) is 0 Å². The summed E-state index contributed by atoms with van der Waals surface area (Å²) >= 11 is 0. The summed E-state index contributed by atoms with van der Waals surface area (Å²) in [6.45, 7) is 4.18. The zero-order valence-corrected chi connectivity index (χ0v) is 9.92. The Morgan fingerprint density at radius 1 is 1.00 bits per heavy atom. The second-order valence-corrected chi connectivity index (χ2v) is 3.23. The van der Waals surface area contributed by atoms with Crippen molar-refractivity contribution in [2.75, 3.05) is 0 Å². The fraction of sp³-hybridized carbons (Fsp3) is 0.182. The van der Waals surface area contributed by atoms with Crippen LogP contribution in [-0.4, -0.2) is 0 Å². The Labute approximate surface area is 95.2 Å². The molecular weight excluding hydrogens is 273 g/mol. The van der Waals surface area contributed by atoms with E-state index in [2.05, 4.69) is 49.2 Å². The highest BCUT2D eigenvalue weighted by Gasteiger charge is 2.00. The maximum absolute atomic E-state index is 3.32. The van der Waals surface area contributed by atoms with Crippen LogP contribution in [0.3, 0.4) is 0 Å². The normalized spacial score (nSPS) is 9.69. The summed E-state index contributed by atoms with van der Waals surface area (Å²) in [5, 5.41) is 1.28. The predicted molar refractivity (Wildman–Crippen MR) is 50.0 cm³/mol. The quantitative estimate of drug-likeness (QED) is 0.567. The summed E-state index contributed by atoms with van der Waals surface area (Å²) in [4.78, 5) is 3.32. The zero-order chi connectivity index (χ0) is 8.55. The van der Waals surface area contributed by atoms with Crippen LogP contribution >= 0.6 is 0 Å². The molecule has 0 atom stereocenters. The van der Waals surface area contributed by atoms with Crippen LogP contribution in [0.25, 0.3) is 10.9 Å². The molecule has 0 aliphatic heterocycles. The van der Waals surface area contributed by atoms with E-state index < -0.39 is 0 Å². The average Bonchev–Trinajstić information content (AvgIpc) is 2.05. The van der Waals surface area contributed by atoms with Gasteiger partial charge in [-0.2, -0.15) is 0 Å². The number of aromatic amines is 1. The minimum atomic E-state index is 0. The van der Waals surface area contributed by atoms with Gasteiger partial charge in [0.15, 0.2) is 5.69 Å². The van der Waals surface area contributed by atoms with Crippen molar-refractivity contribution >= 4 is 10.9 Å². The van der Waals surface area contributed by atoms with Gasteiger partial charge in [0.05, 0.1) is 0 Å². The number of H-pyrrole nitrogens is 1. The summed E-state index contributed by atoms with van der Waals surface area (Å²) in [7, 11) is 0. The van der Waals surface area contributed by atoms with E-state index in [9.17, 15) is 0 Å². The fourth-order valence-corrected chi connectivity index (χ4v) is 1.40. The molecular formula is C11H12IN. The summed E-state index contributed by atoms with van der Waals surface area (Å²) in [6.07, 6.45) is 0. The first-order chi connectivity index (χ1) is 5.75. The van der Waals surface area contributed by atoms with Crippen molar-refractivity contribution in [3.8, 4) is 0 Å². The van der Waals surface area contributed by atoms with Gasteiger partial charge in [0.25, 0.3) is 0 Å². The molecule has 68 valence electrons. The molecule has 0 radical (unpaired) electrons. The van der Waals surface area contributed by atoms with Gasteiger partial charge in [-0.1, -0.05) is 11.6 Å². The number of halogens is 1. The molecule has 0 saturated carbocycles. The van der Waals surface area contributed by atoms with E-state index in [0.717, 1.165) is 0 Å².